The fourth-order valence-corrected chi connectivity index (χ4v) is 4.77. The number of hydrogen-bond acceptors (Lipinski definition) is 4. The third-order valence-corrected chi connectivity index (χ3v) is 6.98. The van der Waals surface area contributed by atoms with E-state index in [-0.39, 0.29) is 11.6 Å². The maximum atomic E-state index is 12.3. The van der Waals surface area contributed by atoms with Crippen molar-refractivity contribution >= 4 is 22.0 Å². The van der Waals surface area contributed by atoms with Crippen LogP contribution in [0.4, 0.5) is 4.79 Å². The van der Waals surface area contributed by atoms with E-state index in [1.807, 2.05) is 49.9 Å². The van der Waals surface area contributed by atoms with Gasteiger partial charge in [0.1, 0.15) is 5.60 Å². The number of amides is 1. The summed E-state index contributed by atoms with van der Waals surface area (Å²) in [5.74, 6) is 0.304. The molecule has 162 valence electrons. The number of carbonyl (C=O) groups excluding carboxylic acids is 1. The summed E-state index contributed by atoms with van der Waals surface area (Å²) in [6.45, 7) is 11.5. The predicted molar refractivity (Wildman–Crippen MR) is 119 cm³/mol. The van der Waals surface area contributed by atoms with Crippen LogP contribution in [-0.4, -0.2) is 58.3 Å². The van der Waals surface area contributed by atoms with Gasteiger partial charge in [-0.25, -0.2) is 4.79 Å². The van der Waals surface area contributed by atoms with Crippen LogP contribution in [-0.2, 0) is 4.74 Å². The van der Waals surface area contributed by atoms with Crippen LogP contribution < -0.4 is 0 Å². The highest BCUT2D eigenvalue weighted by Crippen LogP contribution is 2.36. The van der Waals surface area contributed by atoms with E-state index in [1.54, 1.807) is 0 Å². The van der Waals surface area contributed by atoms with Crippen molar-refractivity contribution in [2.75, 3.05) is 26.2 Å². The molecule has 29 heavy (non-hydrogen) atoms. The van der Waals surface area contributed by atoms with Crippen LogP contribution in [0.5, 0.6) is 0 Å². The highest BCUT2D eigenvalue weighted by molar-refractivity contribution is 9.10. The van der Waals surface area contributed by atoms with Crippen LogP contribution >= 0.6 is 15.9 Å². The summed E-state index contributed by atoms with van der Waals surface area (Å²) in [7, 11) is 0. The number of carbonyl (C=O) groups is 1. The Morgan fingerprint density at radius 2 is 1.69 bits per heavy atom. The van der Waals surface area contributed by atoms with Crippen molar-refractivity contribution in [3.8, 4) is 0 Å². The molecule has 3 rings (SSSR count). The minimum atomic E-state index is -0.449. The van der Waals surface area contributed by atoms with Gasteiger partial charge in [-0.1, -0.05) is 28.1 Å². The average Bonchev–Trinajstić information content (AvgIpc) is 2.67. The van der Waals surface area contributed by atoms with E-state index in [0.717, 1.165) is 61.9 Å². The quantitative estimate of drug-likeness (QED) is 0.681. The summed E-state index contributed by atoms with van der Waals surface area (Å²) in [6, 6.07) is 8.00. The van der Waals surface area contributed by atoms with Crippen molar-refractivity contribution < 1.29 is 14.6 Å². The first-order valence-corrected chi connectivity index (χ1v) is 11.5. The number of likely N-dealkylation sites (tertiary alicyclic amines) is 2. The van der Waals surface area contributed by atoms with E-state index >= 15 is 0 Å². The molecule has 0 aromatic heterocycles. The number of halogens is 1. The second-order valence-electron chi connectivity index (χ2n) is 9.79. The zero-order valence-corrected chi connectivity index (χ0v) is 19.7. The Bertz CT molecular complexity index is 685. The minimum Gasteiger partial charge on any atom is -0.444 e. The first-order valence-electron chi connectivity index (χ1n) is 10.7. The van der Waals surface area contributed by atoms with Gasteiger partial charge in [-0.2, -0.15) is 0 Å². The van der Waals surface area contributed by atoms with E-state index in [0.29, 0.717) is 5.92 Å². The van der Waals surface area contributed by atoms with E-state index in [1.165, 1.54) is 0 Å². The lowest BCUT2D eigenvalue weighted by molar-refractivity contribution is -0.0222. The van der Waals surface area contributed by atoms with E-state index in [2.05, 4.69) is 27.8 Å². The summed E-state index contributed by atoms with van der Waals surface area (Å²) < 4.78 is 6.56. The molecule has 0 saturated carbocycles. The van der Waals surface area contributed by atoms with E-state index in [9.17, 15) is 9.90 Å². The number of aliphatic hydroxyl groups is 1. The van der Waals surface area contributed by atoms with Crippen molar-refractivity contribution in [2.45, 2.75) is 70.6 Å². The molecule has 0 radical (unpaired) electrons. The molecule has 2 heterocycles. The molecule has 2 saturated heterocycles. The zero-order valence-electron chi connectivity index (χ0n) is 18.2. The SMILES string of the molecule is CC(C)(C)OC(=O)N1CCC(C)(N2CCC([C@H](O)c3ccc(Br)cc3)CC2)CC1. The summed E-state index contributed by atoms with van der Waals surface area (Å²) >= 11 is 3.45. The van der Waals surface area contributed by atoms with Gasteiger partial charge in [0.2, 0.25) is 0 Å². The normalized spacial score (nSPS) is 22.3. The van der Waals surface area contributed by atoms with Crippen LogP contribution in [0, 0.1) is 5.92 Å². The first kappa shape index (κ1) is 22.6. The van der Waals surface area contributed by atoms with Gasteiger partial charge in [-0.15, -0.1) is 0 Å². The van der Waals surface area contributed by atoms with Crippen molar-refractivity contribution in [3.63, 3.8) is 0 Å². The summed E-state index contributed by atoms with van der Waals surface area (Å²) in [5.41, 5.74) is 0.671. The Morgan fingerprint density at radius 3 is 2.21 bits per heavy atom. The van der Waals surface area contributed by atoms with Crippen molar-refractivity contribution in [3.05, 3.63) is 34.3 Å². The molecule has 0 aliphatic carbocycles. The predicted octanol–water partition coefficient (Wildman–Crippen LogP) is 4.98. The Morgan fingerprint density at radius 1 is 1.14 bits per heavy atom. The Kier molecular flexibility index (Phi) is 6.96. The van der Waals surface area contributed by atoms with Gasteiger partial charge in [0, 0.05) is 23.1 Å². The maximum Gasteiger partial charge on any atom is 0.410 e. The average molecular weight is 467 g/mol. The molecule has 1 N–H and O–H groups in total. The molecule has 1 aromatic carbocycles. The number of ether oxygens (including phenoxy) is 1. The Labute approximate surface area is 183 Å². The maximum absolute atomic E-state index is 12.3. The topological polar surface area (TPSA) is 53.0 Å². The number of benzene rings is 1. The molecule has 0 bridgehead atoms. The van der Waals surface area contributed by atoms with Gasteiger partial charge >= 0.3 is 6.09 Å². The minimum absolute atomic E-state index is 0.117. The van der Waals surface area contributed by atoms with Gasteiger partial charge in [-0.05, 0) is 90.1 Å². The molecule has 5 nitrogen and oxygen atoms in total. The number of rotatable bonds is 3. The highest BCUT2D eigenvalue weighted by Gasteiger charge is 2.40. The first-order chi connectivity index (χ1) is 13.6. The lowest BCUT2D eigenvalue weighted by atomic mass is 9.82. The van der Waals surface area contributed by atoms with Crippen LogP contribution in [0.1, 0.15) is 65.0 Å². The van der Waals surface area contributed by atoms with Gasteiger partial charge in [0.15, 0.2) is 0 Å². The van der Waals surface area contributed by atoms with Gasteiger partial charge in [-0.3, -0.25) is 4.90 Å². The molecule has 2 fully saturated rings. The van der Waals surface area contributed by atoms with Crippen molar-refractivity contribution in [1.29, 1.82) is 0 Å². The van der Waals surface area contributed by atoms with Crippen LogP contribution in [0.3, 0.4) is 0 Å². The molecule has 2 aliphatic heterocycles. The third kappa shape index (κ3) is 5.74. The number of piperidine rings is 2. The molecule has 1 atom stereocenters. The van der Waals surface area contributed by atoms with Crippen LogP contribution in [0.2, 0.25) is 0 Å². The molecule has 0 spiro atoms. The van der Waals surface area contributed by atoms with E-state index in [4.69, 9.17) is 4.74 Å². The lowest BCUT2D eigenvalue weighted by Crippen LogP contribution is -2.57. The second kappa shape index (κ2) is 8.94. The van der Waals surface area contributed by atoms with Gasteiger partial charge in [0.05, 0.1) is 6.10 Å². The second-order valence-corrected chi connectivity index (χ2v) is 10.7. The summed E-state index contributed by atoms with van der Waals surface area (Å²) in [5, 5.41) is 10.8. The molecule has 6 heteroatoms. The third-order valence-electron chi connectivity index (χ3n) is 6.45. The standard InChI is InChI=1S/C23H35BrN2O3/c1-22(2,3)29-21(28)25-15-11-23(4,12-16-25)26-13-9-18(10-14-26)20(27)17-5-7-19(24)8-6-17/h5-8,18,20,27H,9-16H2,1-4H3/t20-/m1/s1. The number of hydrogen-bond donors (Lipinski definition) is 1. The fraction of sp³-hybridized carbons (Fsp3) is 0.696. The molecular formula is C23H35BrN2O3. The Hall–Kier alpha value is -1.11. The summed E-state index contributed by atoms with van der Waals surface area (Å²) in [4.78, 5) is 16.8. The Balaban J connectivity index is 1.50. The van der Waals surface area contributed by atoms with Crippen LogP contribution in [0.25, 0.3) is 0 Å². The van der Waals surface area contributed by atoms with Crippen LogP contribution in [0.15, 0.2) is 28.7 Å². The molecule has 2 aliphatic rings. The smallest absolute Gasteiger partial charge is 0.410 e. The molecule has 1 amide bonds. The molecular weight excluding hydrogens is 432 g/mol. The largest absolute Gasteiger partial charge is 0.444 e. The van der Waals surface area contributed by atoms with Crippen molar-refractivity contribution in [2.24, 2.45) is 5.92 Å². The lowest BCUT2D eigenvalue weighted by Gasteiger charge is -2.49. The van der Waals surface area contributed by atoms with Gasteiger partial charge in [0.25, 0.3) is 0 Å². The van der Waals surface area contributed by atoms with Gasteiger partial charge < -0.3 is 14.7 Å². The monoisotopic (exact) mass is 466 g/mol. The zero-order chi connectivity index (χ0) is 21.2. The molecule has 0 unspecified atom stereocenters. The van der Waals surface area contributed by atoms with E-state index < -0.39 is 11.7 Å². The highest BCUT2D eigenvalue weighted by atomic mass is 79.9. The van der Waals surface area contributed by atoms with Crippen molar-refractivity contribution in [1.82, 2.24) is 9.80 Å². The molecule has 1 aromatic rings. The summed E-state index contributed by atoms with van der Waals surface area (Å²) in [6.07, 6.45) is 3.34. The number of aliphatic hydroxyl groups excluding tert-OH is 1. The number of nitrogens with zero attached hydrogens (tertiary/aromatic N) is 2. The fourth-order valence-electron chi connectivity index (χ4n) is 4.50.